The fourth-order valence-corrected chi connectivity index (χ4v) is 6.89. The van der Waals surface area contributed by atoms with Crippen molar-refractivity contribution >= 4 is 23.6 Å². The van der Waals surface area contributed by atoms with Gasteiger partial charge in [0, 0.05) is 29.6 Å². The molecule has 2 aliphatic rings. The quantitative estimate of drug-likeness (QED) is 0.214. The first-order chi connectivity index (χ1) is 18.6. The highest BCUT2D eigenvalue weighted by Gasteiger charge is 2.50. The molecule has 1 saturated carbocycles. The Balaban J connectivity index is 1.42. The number of benzene rings is 1. The summed E-state index contributed by atoms with van der Waals surface area (Å²) in [5, 5.41) is 8.79. The molecule has 3 heterocycles. The van der Waals surface area contributed by atoms with Gasteiger partial charge in [0.2, 0.25) is 0 Å². The molecule has 2 atom stereocenters. The van der Waals surface area contributed by atoms with Crippen molar-refractivity contribution in [2.45, 2.75) is 42.0 Å². The number of carbonyl (C=O) groups is 1. The van der Waals surface area contributed by atoms with E-state index in [-0.39, 0.29) is 23.2 Å². The normalized spacial score (nSPS) is 20.7. The van der Waals surface area contributed by atoms with Crippen molar-refractivity contribution in [3.8, 4) is 5.69 Å². The Morgan fingerprint density at radius 1 is 1.13 bits per heavy atom. The third-order valence-electron chi connectivity index (χ3n) is 7.43. The Kier molecular flexibility index (Phi) is 6.21. The number of hydrogen-bond donors (Lipinski definition) is 0. The third-order valence-corrected chi connectivity index (χ3v) is 8.64. The Morgan fingerprint density at radius 2 is 1.92 bits per heavy atom. The second-order valence-electron chi connectivity index (χ2n) is 9.96. The molecule has 6 nitrogen and oxygen atoms in total. The van der Waals surface area contributed by atoms with Gasteiger partial charge in [0.25, 0.3) is 0 Å². The lowest BCUT2D eigenvalue weighted by Crippen LogP contribution is -2.43. The van der Waals surface area contributed by atoms with Crippen molar-refractivity contribution in [1.29, 1.82) is 0 Å². The van der Waals surface area contributed by atoms with Gasteiger partial charge in [-0.2, -0.15) is 23.4 Å². The van der Waals surface area contributed by atoms with E-state index in [1.165, 1.54) is 12.1 Å². The van der Waals surface area contributed by atoms with E-state index in [1.807, 2.05) is 19.3 Å². The Labute approximate surface area is 225 Å². The van der Waals surface area contributed by atoms with Crippen LogP contribution in [0.3, 0.4) is 0 Å². The minimum Gasteiger partial charge on any atom is -0.291 e. The van der Waals surface area contributed by atoms with Gasteiger partial charge in [0.05, 0.1) is 34.8 Å². The smallest absolute Gasteiger partial charge is 0.291 e. The molecule has 0 spiro atoms. The summed E-state index contributed by atoms with van der Waals surface area (Å²) in [6, 6.07) is 7.69. The maximum atomic E-state index is 14.2. The second-order valence-corrected chi connectivity index (χ2v) is 11.3. The highest BCUT2D eigenvalue weighted by Crippen LogP contribution is 2.53. The molecule has 0 saturated heterocycles. The number of fused-ring (bicyclic) bond motifs is 2. The van der Waals surface area contributed by atoms with Gasteiger partial charge in [0.15, 0.2) is 5.78 Å². The second kappa shape index (κ2) is 9.48. The highest BCUT2D eigenvalue weighted by atomic mass is 32.2. The maximum Gasteiger partial charge on any atom is 0.416 e. The molecular formula is C28H23F4N5OS. The molecule has 6 rings (SSSR count). The number of aryl methyl sites for hydroxylation is 1. The zero-order valence-electron chi connectivity index (χ0n) is 20.8. The first kappa shape index (κ1) is 25.5. The maximum absolute atomic E-state index is 14.2. The van der Waals surface area contributed by atoms with Crippen molar-refractivity contribution in [2.24, 2.45) is 12.5 Å². The standard InChI is InChI=1S/C28H23F4N5OS/c1-36-16-23(15-34-36)39-22-7-2-18-11-25-17(14-35-37(25)21-5-3-20(29)4-6-21)12-27(18,13-22)26(38)24-10-19(8-9-33-24)28(30,31)32/h3-6,8-11,14-16,22H,2,7,12-13H2,1H3/t22-,27-/m0/s1. The number of aromatic nitrogens is 5. The van der Waals surface area contributed by atoms with Gasteiger partial charge in [-0.3, -0.25) is 14.5 Å². The number of Topliss-reactive ketones (excluding diaryl/α,β-unsaturated/α-hetero) is 1. The van der Waals surface area contributed by atoms with Crippen molar-refractivity contribution in [3.05, 3.63) is 95.1 Å². The molecule has 11 heteroatoms. The molecule has 4 aromatic rings. The van der Waals surface area contributed by atoms with Gasteiger partial charge in [-0.25, -0.2) is 9.07 Å². The number of nitrogens with zero attached hydrogens (tertiary/aromatic N) is 5. The van der Waals surface area contributed by atoms with Crippen LogP contribution < -0.4 is 0 Å². The largest absolute Gasteiger partial charge is 0.416 e. The SMILES string of the molecule is Cn1cc(S[C@H]2CCC3=Cc4c(cnn4-c4ccc(F)cc4)C[C@]3(C(=O)c3cc(C(F)(F)F)ccn3)C2)cn1. The zero-order chi connectivity index (χ0) is 27.4. The third kappa shape index (κ3) is 4.69. The van der Waals surface area contributed by atoms with Gasteiger partial charge in [-0.15, -0.1) is 11.8 Å². The fourth-order valence-electron chi connectivity index (χ4n) is 5.58. The summed E-state index contributed by atoms with van der Waals surface area (Å²) >= 11 is 1.62. The summed E-state index contributed by atoms with van der Waals surface area (Å²) in [5.74, 6) is -0.780. The number of alkyl halides is 3. The van der Waals surface area contributed by atoms with Crippen molar-refractivity contribution < 1.29 is 22.4 Å². The van der Waals surface area contributed by atoms with Crippen LogP contribution in [0.2, 0.25) is 0 Å². The average molecular weight is 554 g/mol. The van der Waals surface area contributed by atoms with Crippen LogP contribution in [0.25, 0.3) is 11.8 Å². The van der Waals surface area contributed by atoms with Crippen LogP contribution in [0.4, 0.5) is 17.6 Å². The lowest BCUT2D eigenvalue weighted by Gasteiger charge is -2.43. The minimum atomic E-state index is -4.59. The number of halogens is 4. The average Bonchev–Trinajstić information content (AvgIpc) is 3.52. The molecule has 0 amide bonds. The van der Waals surface area contributed by atoms with E-state index >= 15 is 0 Å². The number of allylic oxidation sites excluding steroid dienone is 1. The van der Waals surface area contributed by atoms with Crippen LogP contribution in [0.5, 0.6) is 0 Å². The topological polar surface area (TPSA) is 65.6 Å². The molecule has 0 radical (unpaired) electrons. The Hall–Kier alpha value is -3.73. The van der Waals surface area contributed by atoms with Crippen molar-refractivity contribution in [2.75, 3.05) is 0 Å². The molecule has 1 fully saturated rings. The molecule has 0 N–H and O–H groups in total. The summed E-state index contributed by atoms with van der Waals surface area (Å²) in [7, 11) is 1.83. The van der Waals surface area contributed by atoms with Crippen molar-refractivity contribution in [1.82, 2.24) is 24.5 Å². The van der Waals surface area contributed by atoms with E-state index in [9.17, 15) is 22.4 Å². The van der Waals surface area contributed by atoms with Crippen LogP contribution in [0.15, 0.2) is 71.7 Å². The van der Waals surface area contributed by atoms with Gasteiger partial charge in [-0.1, -0.05) is 5.57 Å². The summed E-state index contributed by atoms with van der Waals surface area (Å²) in [6.45, 7) is 0. The molecule has 39 heavy (non-hydrogen) atoms. The van der Waals surface area contributed by atoms with E-state index in [0.29, 0.717) is 18.5 Å². The molecule has 2 aliphatic carbocycles. The molecule has 0 bridgehead atoms. The monoisotopic (exact) mass is 553 g/mol. The zero-order valence-corrected chi connectivity index (χ0v) is 21.6. The molecular weight excluding hydrogens is 530 g/mol. The first-order valence-corrected chi connectivity index (χ1v) is 13.3. The number of hydrogen-bond acceptors (Lipinski definition) is 5. The van der Waals surface area contributed by atoms with Crippen LogP contribution in [-0.2, 0) is 19.6 Å². The molecule has 1 aromatic carbocycles. The minimum absolute atomic E-state index is 0.0507. The number of pyridine rings is 1. The van der Waals surface area contributed by atoms with Crippen molar-refractivity contribution in [3.63, 3.8) is 0 Å². The first-order valence-electron chi connectivity index (χ1n) is 12.4. The number of ketones is 1. The number of carbonyl (C=O) groups excluding carboxylic acids is 1. The fraction of sp³-hybridized carbons (Fsp3) is 0.286. The predicted octanol–water partition coefficient (Wildman–Crippen LogP) is 6.31. The van der Waals surface area contributed by atoms with E-state index in [2.05, 4.69) is 15.2 Å². The summed E-state index contributed by atoms with van der Waals surface area (Å²) in [6.07, 6.45) is 5.86. The lowest BCUT2D eigenvalue weighted by molar-refractivity contribution is -0.137. The predicted molar refractivity (Wildman–Crippen MR) is 138 cm³/mol. The summed E-state index contributed by atoms with van der Waals surface area (Å²) in [4.78, 5) is 19.3. The highest BCUT2D eigenvalue weighted by molar-refractivity contribution is 8.00. The van der Waals surface area contributed by atoms with E-state index < -0.39 is 22.9 Å². The summed E-state index contributed by atoms with van der Waals surface area (Å²) < 4.78 is 57.4. The number of rotatable bonds is 5. The lowest BCUT2D eigenvalue weighted by atomic mass is 9.61. The van der Waals surface area contributed by atoms with Crippen LogP contribution in [0, 0.1) is 11.2 Å². The van der Waals surface area contributed by atoms with Gasteiger partial charge in [-0.05, 0) is 73.7 Å². The molecule has 0 aliphatic heterocycles. The van der Waals surface area contributed by atoms with Crippen LogP contribution in [0.1, 0.15) is 46.6 Å². The van der Waals surface area contributed by atoms with Crippen LogP contribution >= 0.6 is 11.8 Å². The van der Waals surface area contributed by atoms with E-state index in [0.717, 1.165) is 46.5 Å². The van der Waals surface area contributed by atoms with E-state index in [4.69, 9.17) is 0 Å². The molecule has 200 valence electrons. The van der Waals surface area contributed by atoms with E-state index in [1.54, 1.807) is 45.7 Å². The van der Waals surface area contributed by atoms with Gasteiger partial charge in [0.1, 0.15) is 11.5 Å². The Morgan fingerprint density at radius 3 is 2.64 bits per heavy atom. The van der Waals surface area contributed by atoms with Crippen LogP contribution in [-0.4, -0.2) is 35.6 Å². The molecule has 0 unspecified atom stereocenters. The van der Waals surface area contributed by atoms with Gasteiger partial charge < -0.3 is 0 Å². The number of thioether (sulfide) groups is 1. The Bertz CT molecular complexity index is 1590. The van der Waals surface area contributed by atoms with Gasteiger partial charge >= 0.3 is 6.18 Å². The molecule has 3 aromatic heterocycles. The summed E-state index contributed by atoms with van der Waals surface area (Å²) in [5.41, 5.74) is 0.960.